The lowest BCUT2D eigenvalue weighted by molar-refractivity contribution is 0.354. The number of hydrogen-bond acceptors (Lipinski definition) is 6. The number of benzene rings is 1. The van der Waals surface area contributed by atoms with Crippen molar-refractivity contribution in [1.82, 2.24) is 24.1 Å². The number of methoxy groups -OCH3 is 2. The van der Waals surface area contributed by atoms with Crippen LogP contribution in [0.3, 0.4) is 0 Å². The van der Waals surface area contributed by atoms with Crippen LogP contribution in [-0.4, -0.2) is 38.4 Å². The Kier molecular flexibility index (Phi) is 4.84. The van der Waals surface area contributed by atoms with Crippen LogP contribution in [0.5, 0.6) is 11.5 Å². The zero-order chi connectivity index (χ0) is 20.5. The minimum Gasteiger partial charge on any atom is -0.493 e. The highest BCUT2D eigenvalue weighted by atomic mass is 16.5. The normalized spacial score (nSPS) is 11.1. The van der Waals surface area contributed by atoms with Gasteiger partial charge in [-0.05, 0) is 31.5 Å². The van der Waals surface area contributed by atoms with Crippen molar-refractivity contribution in [1.29, 1.82) is 0 Å². The van der Waals surface area contributed by atoms with Gasteiger partial charge in [-0.3, -0.25) is 0 Å². The smallest absolute Gasteiger partial charge is 0.161 e. The van der Waals surface area contributed by atoms with Gasteiger partial charge >= 0.3 is 0 Å². The number of nitrogens with zero attached hydrogens (tertiary/aromatic N) is 5. The maximum Gasteiger partial charge on any atom is 0.161 e. The first kappa shape index (κ1) is 18.8. The molecule has 0 radical (unpaired) electrons. The molecule has 0 unspecified atom stereocenters. The van der Waals surface area contributed by atoms with Gasteiger partial charge in [-0.1, -0.05) is 6.07 Å². The summed E-state index contributed by atoms with van der Waals surface area (Å²) in [6.45, 7) is 4.66. The topological polar surface area (TPSA) is 78.5 Å². The van der Waals surface area contributed by atoms with Crippen LogP contribution in [0.15, 0.2) is 36.7 Å². The Morgan fingerprint density at radius 2 is 1.86 bits per heavy atom. The Hall–Kier alpha value is -3.55. The van der Waals surface area contributed by atoms with Gasteiger partial charge in [-0.25, -0.2) is 9.97 Å². The molecular weight excluding hydrogens is 368 g/mol. The van der Waals surface area contributed by atoms with Crippen LogP contribution in [0.4, 0.5) is 5.82 Å². The Labute approximate surface area is 169 Å². The van der Waals surface area contributed by atoms with Crippen molar-refractivity contribution in [3.8, 4) is 23.0 Å². The van der Waals surface area contributed by atoms with Crippen LogP contribution in [0.2, 0.25) is 0 Å². The van der Waals surface area contributed by atoms with E-state index in [-0.39, 0.29) is 0 Å². The third-order valence-electron chi connectivity index (χ3n) is 5.04. The average Bonchev–Trinajstić information content (AvgIpc) is 3.33. The van der Waals surface area contributed by atoms with Crippen molar-refractivity contribution in [2.24, 2.45) is 7.05 Å². The summed E-state index contributed by atoms with van der Waals surface area (Å²) < 4.78 is 14.5. The molecular formula is C21H24N6O2. The first-order valence-electron chi connectivity index (χ1n) is 9.31. The molecule has 3 aromatic heterocycles. The quantitative estimate of drug-likeness (QED) is 0.542. The van der Waals surface area contributed by atoms with E-state index in [2.05, 4.69) is 15.3 Å². The fraction of sp³-hybridized carbons (Fsp3) is 0.286. The molecule has 150 valence electrons. The van der Waals surface area contributed by atoms with E-state index in [4.69, 9.17) is 14.6 Å². The SMILES string of the molecule is COc1ccc(CNc2c(C)c(C)nc3cc(-c4nccn4C)nn23)cc1OC. The van der Waals surface area contributed by atoms with E-state index < -0.39 is 0 Å². The number of rotatable bonds is 6. The van der Waals surface area contributed by atoms with E-state index in [1.165, 1.54) is 0 Å². The van der Waals surface area contributed by atoms with Crippen LogP contribution in [0, 0.1) is 13.8 Å². The van der Waals surface area contributed by atoms with Crippen LogP contribution < -0.4 is 14.8 Å². The largest absolute Gasteiger partial charge is 0.493 e. The van der Waals surface area contributed by atoms with Crippen LogP contribution in [-0.2, 0) is 13.6 Å². The molecule has 8 heteroatoms. The van der Waals surface area contributed by atoms with Crippen LogP contribution in [0.25, 0.3) is 17.2 Å². The van der Waals surface area contributed by atoms with E-state index in [0.717, 1.165) is 39.8 Å². The molecule has 8 nitrogen and oxygen atoms in total. The number of imidazole rings is 1. The highest BCUT2D eigenvalue weighted by Crippen LogP contribution is 2.29. The first-order chi connectivity index (χ1) is 14.0. The molecule has 0 aliphatic heterocycles. The molecule has 0 spiro atoms. The number of anilines is 1. The van der Waals surface area contributed by atoms with E-state index >= 15 is 0 Å². The second-order valence-corrected chi connectivity index (χ2v) is 6.88. The second kappa shape index (κ2) is 7.46. The summed E-state index contributed by atoms with van der Waals surface area (Å²) in [6, 6.07) is 7.84. The van der Waals surface area contributed by atoms with E-state index in [0.29, 0.717) is 18.0 Å². The molecule has 0 fully saturated rings. The first-order valence-corrected chi connectivity index (χ1v) is 9.31. The Morgan fingerprint density at radius 1 is 1.07 bits per heavy atom. The number of nitrogens with one attached hydrogen (secondary N) is 1. The summed E-state index contributed by atoms with van der Waals surface area (Å²) in [4.78, 5) is 9.09. The van der Waals surface area contributed by atoms with Crippen molar-refractivity contribution in [3.05, 3.63) is 53.5 Å². The van der Waals surface area contributed by atoms with E-state index in [1.807, 2.05) is 60.4 Å². The number of fused-ring (bicyclic) bond motifs is 1. The van der Waals surface area contributed by atoms with Gasteiger partial charge < -0.3 is 19.4 Å². The summed E-state index contributed by atoms with van der Waals surface area (Å²) in [5, 5.41) is 8.27. The third kappa shape index (κ3) is 3.37. The summed E-state index contributed by atoms with van der Waals surface area (Å²) in [5.41, 5.74) is 4.64. The lowest BCUT2D eigenvalue weighted by atomic mass is 10.2. The molecule has 29 heavy (non-hydrogen) atoms. The number of ether oxygens (including phenoxy) is 2. The highest BCUT2D eigenvalue weighted by Gasteiger charge is 2.15. The molecule has 1 aromatic carbocycles. The molecule has 1 N–H and O–H groups in total. The molecule has 0 bridgehead atoms. The maximum atomic E-state index is 5.41. The van der Waals surface area contributed by atoms with Gasteiger partial charge in [-0.15, -0.1) is 0 Å². The van der Waals surface area contributed by atoms with Crippen molar-refractivity contribution in [3.63, 3.8) is 0 Å². The molecule has 0 atom stereocenters. The molecule has 4 rings (SSSR count). The Bertz CT molecular complexity index is 1180. The monoisotopic (exact) mass is 392 g/mol. The van der Waals surface area contributed by atoms with Gasteiger partial charge in [0, 0.05) is 43.3 Å². The van der Waals surface area contributed by atoms with Crippen molar-refractivity contribution >= 4 is 11.5 Å². The predicted molar refractivity (Wildman–Crippen MR) is 112 cm³/mol. The van der Waals surface area contributed by atoms with Gasteiger partial charge in [0.15, 0.2) is 23.0 Å². The summed E-state index contributed by atoms with van der Waals surface area (Å²) in [7, 11) is 5.22. The zero-order valence-electron chi connectivity index (χ0n) is 17.2. The lowest BCUT2D eigenvalue weighted by Crippen LogP contribution is -2.10. The minimum atomic E-state index is 0.608. The van der Waals surface area contributed by atoms with Crippen molar-refractivity contribution in [2.45, 2.75) is 20.4 Å². The fourth-order valence-corrected chi connectivity index (χ4v) is 3.31. The van der Waals surface area contributed by atoms with Gasteiger partial charge in [0.1, 0.15) is 11.5 Å². The van der Waals surface area contributed by atoms with Gasteiger partial charge in [0.2, 0.25) is 0 Å². The fourth-order valence-electron chi connectivity index (χ4n) is 3.31. The molecule has 4 aromatic rings. The Balaban J connectivity index is 1.70. The number of aryl methyl sites for hydroxylation is 2. The predicted octanol–water partition coefficient (Wildman–Crippen LogP) is 3.38. The van der Waals surface area contributed by atoms with Crippen molar-refractivity contribution < 1.29 is 9.47 Å². The molecule has 0 aliphatic rings. The standard InChI is InChI=1S/C21H24N6O2/c1-13-14(2)24-19-11-16(21-22-8-9-26(21)3)25-27(19)20(13)23-12-15-6-7-17(28-4)18(10-15)29-5/h6-11,23H,12H2,1-5H3. The van der Waals surface area contributed by atoms with Crippen LogP contribution in [0.1, 0.15) is 16.8 Å². The number of aromatic nitrogens is 5. The van der Waals surface area contributed by atoms with Gasteiger partial charge in [0.05, 0.1) is 14.2 Å². The molecule has 0 saturated heterocycles. The van der Waals surface area contributed by atoms with E-state index in [9.17, 15) is 0 Å². The summed E-state index contributed by atoms with van der Waals surface area (Å²) in [6.07, 6.45) is 3.67. The summed E-state index contributed by atoms with van der Waals surface area (Å²) >= 11 is 0. The molecule has 0 aliphatic carbocycles. The minimum absolute atomic E-state index is 0.608. The zero-order valence-corrected chi connectivity index (χ0v) is 17.2. The number of hydrogen-bond donors (Lipinski definition) is 1. The second-order valence-electron chi connectivity index (χ2n) is 6.88. The maximum absolute atomic E-state index is 5.41. The van der Waals surface area contributed by atoms with E-state index in [1.54, 1.807) is 20.4 Å². The molecule has 0 saturated carbocycles. The lowest BCUT2D eigenvalue weighted by Gasteiger charge is -2.14. The van der Waals surface area contributed by atoms with Gasteiger partial charge in [0.25, 0.3) is 0 Å². The van der Waals surface area contributed by atoms with Gasteiger partial charge in [-0.2, -0.15) is 9.61 Å². The molecule has 0 amide bonds. The van der Waals surface area contributed by atoms with Crippen LogP contribution >= 0.6 is 0 Å². The third-order valence-corrected chi connectivity index (χ3v) is 5.04. The Morgan fingerprint density at radius 3 is 2.55 bits per heavy atom. The van der Waals surface area contributed by atoms with Crippen molar-refractivity contribution in [2.75, 3.05) is 19.5 Å². The highest BCUT2D eigenvalue weighted by molar-refractivity contribution is 5.63. The molecule has 3 heterocycles. The average molecular weight is 392 g/mol. The summed E-state index contributed by atoms with van der Waals surface area (Å²) in [5.74, 6) is 3.12.